The maximum absolute atomic E-state index is 12.9. The van der Waals surface area contributed by atoms with Crippen LogP contribution in [0.2, 0.25) is 0 Å². The molecular weight excluding hydrogens is 436 g/mol. The number of carbonyl (C=O) groups is 1. The number of anilines is 1. The van der Waals surface area contributed by atoms with Gasteiger partial charge in [-0.2, -0.15) is 0 Å². The normalized spacial score (nSPS) is 11.2. The van der Waals surface area contributed by atoms with Crippen molar-refractivity contribution in [3.05, 3.63) is 94.5 Å². The molecule has 0 aliphatic heterocycles. The molecule has 6 nitrogen and oxygen atoms in total. The first-order chi connectivity index (χ1) is 15.6. The van der Waals surface area contributed by atoms with E-state index < -0.39 is 10.0 Å². The highest BCUT2D eigenvalue weighted by molar-refractivity contribution is 7.92. The maximum Gasteiger partial charge on any atom is 0.253 e. The van der Waals surface area contributed by atoms with Gasteiger partial charge in [-0.05, 0) is 48.7 Å². The van der Waals surface area contributed by atoms with Crippen molar-refractivity contribution in [3.8, 4) is 5.75 Å². The molecule has 0 saturated carbocycles. The van der Waals surface area contributed by atoms with Gasteiger partial charge in [-0.3, -0.25) is 9.10 Å². The van der Waals surface area contributed by atoms with Gasteiger partial charge in [-0.15, -0.1) is 0 Å². The number of ether oxygens (including phenoxy) is 1. The van der Waals surface area contributed by atoms with E-state index in [0.717, 1.165) is 28.0 Å². The monoisotopic (exact) mass is 466 g/mol. The first kappa shape index (κ1) is 24.3. The SMILES string of the molecule is COc1ccccc1CN(C)C(=O)c1ccc(CN(c2c(C)cccc2C)S(C)(=O)=O)cc1. The van der Waals surface area contributed by atoms with Crippen LogP contribution >= 0.6 is 0 Å². The van der Waals surface area contributed by atoms with Crippen LogP contribution < -0.4 is 9.04 Å². The van der Waals surface area contributed by atoms with Crippen LogP contribution in [0, 0.1) is 13.8 Å². The fraction of sp³-hybridized carbons (Fsp3) is 0.269. The van der Waals surface area contributed by atoms with Crippen LogP contribution in [0.25, 0.3) is 0 Å². The minimum atomic E-state index is -3.50. The van der Waals surface area contributed by atoms with Gasteiger partial charge in [-0.1, -0.05) is 48.5 Å². The Labute approximate surface area is 196 Å². The molecule has 0 heterocycles. The summed E-state index contributed by atoms with van der Waals surface area (Å²) in [5, 5.41) is 0. The van der Waals surface area contributed by atoms with Crippen molar-refractivity contribution in [2.75, 3.05) is 24.7 Å². The number of nitrogens with zero attached hydrogens (tertiary/aromatic N) is 2. The van der Waals surface area contributed by atoms with E-state index in [1.54, 1.807) is 43.3 Å². The van der Waals surface area contributed by atoms with Gasteiger partial charge >= 0.3 is 0 Å². The molecule has 0 aliphatic rings. The van der Waals surface area contributed by atoms with Crippen molar-refractivity contribution in [1.82, 2.24) is 4.90 Å². The molecule has 0 spiro atoms. The van der Waals surface area contributed by atoms with Crippen molar-refractivity contribution in [2.45, 2.75) is 26.9 Å². The largest absolute Gasteiger partial charge is 0.496 e. The molecule has 0 aromatic heterocycles. The van der Waals surface area contributed by atoms with Crippen LogP contribution in [-0.4, -0.2) is 39.6 Å². The average Bonchev–Trinajstić information content (AvgIpc) is 2.78. The Morgan fingerprint density at radius 1 is 0.879 bits per heavy atom. The topological polar surface area (TPSA) is 66.9 Å². The molecule has 33 heavy (non-hydrogen) atoms. The van der Waals surface area contributed by atoms with E-state index in [2.05, 4.69) is 0 Å². The van der Waals surface area contributed by atoms with Crippen LogP contribution in [0.3, 0.4) is 0 Å². The van der Waals surface area contributed by atoms with E-state index in [1.165, 1.54) is 10.6 Å². The lowest BCUT2D eigenvalue weighted by Gasteiger charge is -2.26. The molecule has 3 aromatic carbocycles. The Bertz CT molecular complexity index is 1220. The molecule has 7 heteroatoms. The summed E-state index contributed by atoms with van der Waals surface area (Å²) in [5.74, 6) is 0.613. The van der Waals surface area contributed by atoms with Crippen molar-refractivity contribution in [3.63, 3.8) is 0 Å². The highest BCUT2D eigenvalue weighted by atomic mass is 32.2. The number of hydrogen-bond acceptors (Lipinski definition) is 4. The van der Waals surface area contributed by atoms with E-state index in [1.807, 2.05) is 56.3 Å². The van der Waals surface area contributed by atoms with E-state index in [9.17, 15) is 13.2 Å². The fourth-order valence-electron chi connectivity index (χ4n) is 3.86. The van der Waals surface area contributed by atoms with Gasteiger partial charge in [0.1, 0.15) is 5.75 Å². The first-order valence-electron chi connectivity index (χ1n) is 10.6. The Morgan fingerprint density at radius 2 is 1.48 bits per heavy atom. The summed E-state index contributed by atoms with van der Waals surface area (Å²) in [5.41, 5.74) is 4.73. The minimum absolute atomic E-state index is 0.123. The molecule has 0 unspecified atom stereocenters. The molecule has 1 amide bonds. The molecule has 0 fully saturated rings. The summed E-state index contributed by atoms with van der Waals surface area (Å²) in [6.45, 7) is 4.41. The van der Waals surface area contributed by atoms with Crippen LogP contribution in [0.5, 0.6) is 5.75 Å². The number of amides is 1. The van der Waals surface area contributed by atoms with Crippen molar-refractivity contribution >= 4 is 21.6 Å². The Kier molecular flexibility index (Phi) is 7.43. The molecule has 0 radical (unpaired) electrons. The number of aryl methyl sites for hydroxylation is 2. The maximum atomic E-state index is 12.9. The quantitative estimate of drug-likeness (QED) is 0.488. The van der Waals surface area contributed by atoms with Crippen LogP contribution in [0.4, 0.5) is 5.69 Å². The zero-order valence-electron chi connectivity index (χ0n) is 19.7. The summed E-state index contributed by atoms with van der Waals surface area (Å²) in [7, 11) is -0.142. The Hall–Kier alpha value is -3.32. The average molecular weight is 467 g/mol. The van der Waals surface area contributed by atoms with Crippen LogP contribution in [0.15, 0.2) is 66.7 Å². The molecule has 0 atom stereocenters. The highest BCUT2D eigenvalue weighted by Gasteiger charge is 2.22. The van der Waals surface area contributed by atoms with Gasteiger partial charge in [-0.25, -0.2) is 8.42 Å². The number of para-hydroxylation sites is 2. The Morgan fingerprint density at radius 3 is 2.06 bits per heavy atom. The second-order valence-electron chi connectivity index (χ2n) is 8.18. The van der Waals surface area contributed by atoms with Gasteiger partial charge < -0.3 is 9.64 Å². The predicted octanol–water partition coefficient (Wildman–Crippen LogP) is 4.55. The molecule has 0 saturated heterocycles. The summed E-state index contributed by atoms with van der Waals surface area (Å²) in [6.07, 6.45) is 1.21. The standard InChI is InChI=1S/C26H30N2O4S/c1-19-9-8-10-20(2)25(19)28(33(5,30)31)17-21-13-15-22(16-14-21)26(29)27(3)18-23-11-6-7-12-24(23)32-4/h6-16H,17-18H2,1-5H3. The van der Waals surface area contributed by atoms with Gasteiger partial charge in [0, 0.05) is 24.7 Å². The molecule has 174 valence electrons. The number of hydrogen-bond donors (Lipinski definition) is 0. The highest BCUT2D eigenvalue weighted by Crippen LogP contribution is 2.28. The van der Waals surface area contributed by atoms with Crippen molar-refractivity contribution in [2.24, 2.45) is 0 Å². The summed E-state index contributed by atoms with van der Waals surface area (Å²) < 4.78 is 32.0. The first-order valence-corrected chi connectivity index (χ1v) is 12.5. The third-order valence-electron chi connectivity index (χ3n) is 5.56. The second-order valence-corrected chi connectivity index (χ2v) is 10.1. The fourth-order valence-corrected chi connectivity index (χ4v) is 4.86. The van der Waals surface area contributed by atoms with E-state index >= 15 is 0 Å². The lowest BCUT2D eigenvalue weighted by atomic mass is 10.1. The van der Waals surface area contributed by atoms with Gasteiger partial charge in [0.2, 0.25) is 10.0 Å². The minimum Gasteiger partial charge on any atom is -0.496 e. The van der Waals surface area contributed by atoms with Gasteiger partial charge in [0.15, 0.2) is 0 Å². The molecule has 3 aromatic rings. The van der Waals surface area contributed by atoms with Crippen molar-refractivity contribution < 1.29 is 17.9 Å². The summed E-state index contributed by atoms with van der Waals surface area (Å²) in [4.78, 5) is 14.6. The summed E-state index contributed by atoms with van der Waals surface area (Å²) >= 11 is 0. The predicted molar refractivity (Wildman–Crippen MR) is 132 cm³/mol. The van der Waals surface area contributed by atoms with Gasteiger partial charge in [0.25, 0.3) is 5.91 Å². The number of methoxy groups -OCH3 is 1. The third-order valence-corrected chi connectivity index (χ3v) is 6.68. The zero-order chi connectivity index (χ0) is 24.2. The zero-order valence-corrected chi connectivity index (χ0v) is 20.5. The number of rotatable bonds is 8. The second kappa shape index (κ2) is 10.1. The lowest BCUT2D eigenvalue weighted by molar-refractivity contribution is 0.0784. The lowest BCUT2D eigenvalue weighted by Crippen LogP contribution is -2.30. The number of benzene rings is 3. The van der Waals surface area contributed by atoms with E-state index in [4.69, 9.17) is 4.74 Å². The number of sulfonamides is 1. The summed E-state index contributed by atoms with van der Waals surface area (Å²) in [6, 6.07) is 20.4. The number of carbonyl (C=O) groups excluding carboxylic acids is 1. The van der Waals surface area contributed by atoms with Crippen molar-refractivity contribution in [1.29, 1.82) is 0 Å². The third kappa shape index (κ3) is 5.73. The molecule has 0 bridgehead atoms. The molecule has 3 rings (SSSR count). The smallest absolute Gasteiger partial charge is 0.253 e. The Balaban J connectivity index is 1.79. The van der Waals surface area contributed by atoms with Crippen LogP contribution in [-0.2, 0) is 23.1 Å². The van der Waals surface area contributed by atoms with Gasteiger partial charge in [0.05, 0.1) is 25.6 Å². The molecule has 0 aliphatic carbocycles. The molecule has 0 N–H and O–H groups in total. The van der Waals surface area contributed by atoms with Crippen LogP contribution in [0.1, 0.15) is 32.6 Å². The van der Waals surface area contributed by atoms with E-state index in [0.29, 0.717) is 17.8 Å². The van der Waals surface area contributed by atoms with E-state index in [-0.39, 0.29) is 12.5 Å². The molecular formula is C26H30N2O4S.